The number of nitrogens with zero attached hydrogens (tertiary/aromatic N) is 10. The van der Waals surface area contributed by atoms with Crippen molar-refractivity contribution in [2.45, 2.75) is 68.0 Å². The van der Waals surface area contributed by atoms with Crippen LogP contribution in [-0.4, -0.2) is 127 Å². The topological polar surface area (TPSA) is 365 Å². The zero-order chi connectivity index (χ0) is 38.9. The second-order valence-electron chi connectivity index (χ2n) is 12.2. The monoisotopic (exact) mass is 740 g/mol. The normalized spacial score (nSPS) is 31.4. The molecule has 24 nitrogen and oxygen atoms in total. The van der Waals surface area contributed by atoms with Crippen LogP contribution in [0.25, 0.3) is 22.3 Å². The Balaban J connectivity index is 0.000000206. The van der Waals surface area contributed by atoms with Gasteiger partial charge in [0.2, 0.25) is 21.7 Å². The molecule has 11 N–H and O–H groups in total. The molecule has 2 aliphatic heterocycles. The molecule has 8 atom stereocenters. The van der Waals surface area contributed by atoms with E-state index >= 15 is 8.78 Å². The molecule has 2 aliphatic rings. The van der Waals surface area contributed by atoms with Gasteiger partial charge in [0.05, 0.1) is 25.9 Å². The van der Waals surface area contributed by atoms with Crippen LogP contribution in [-0.2, 0) is 9.47 Å². The molecule has 26 heteroatoms. The molecule has 0 radical (unpaired) electrons. The summed E-state index contributed by atoms with van der Waals surface area (Å²) in [5.74, 6) is -0.128. The maximum absolute atomic E-state index is 15.5. The Hall–Kier alpha value is -5.46. The summed E-state index contributed by atoms with van der Waals surface area (Å²) in [6, 6.07) is 0. The summed E-state index contributed by atoms with van der Waals surface area (Å²) in [5, 5.41) is 49.8. The van der Waals surface area contributed by atoms with Gasteiger partial charge in [-0.25, -0.2) is 18.7 Å². The van der Waals surface area contributed by atoms with Gasteiger partial charge in [-0.05, 0) is 20.7 Å². The lowest BCUT2D eigenvalue weighted by Crippen LogP contribution is -2.51. The van der Waals surface area contributed by atoms with Crippen molar-refractivity contribution in [1.82, 2.24) is 48.9 Å². The van der Waals surface area contributed by atoms with E-state index in [1.165, 1.54) is 0 Å². The molecule has 4 aromatic rings. The van der Waals surface area contributed by atoms with Gasteiger partial charge in [0.25, 0.3) is 11.1 Å². The number of halogens is 2. The number of aromatic nitrogens is 8. The first-order chi connectivity index (χ1) is 25.1. The van der Waals surface area contributed by atoms with Crippen molar-refractivity contribution in [2.24, 2.45) is 10.2 Å². The highest BCUT2D eigenvalue weighted by Crippen LogP contribution is 2.48. The Morgan fingerprint density at radius 3 is 1.85 bits per heavy atom. The summed E-state index contributed by atoms with van der Waals surface area (Å²) in [4.78, 5) is 50.3. The van der Waals surface area contributed by atoms with Crippen molar-refractivity contribution in [3.05, 3.63) is 33.4 Å². The molecule has 0 amide bonds. The van der Waals surface area contributed by atoms with E-state index in [0.717, 1.165) is 35.6 Å². The molecule has 280 valence electrons. The molecule has 0 aliphatic carbocycles. The van der Waals surface area contributed by atoms with E-state index in [1.54, 1.807) is 0 Å². The maximum Gasteiger partial charge on any atom is 0.280 e. The molecule has 0 unspecified atom stereocenters. The minimum absolute atomic E-state index is 0.00633. The molecule has 4 aromatic heterocycles. The van der Waals surface area contributed by atoms with Crippen LogP contribution in [0.15, 0.2) is 32.5 Å². The molecular formula is C26H36F2N16O8+2. The molecule has 6 heterocycles. The minimum Gasteiger partial charge on any atom is -0.393 e. The van der Waals surface area contributed by atoms with E-state index < -0.39 is 84.6 Å². The quantitative estimate of drug-likeness (QED) is 0.0624. The number of hydrogen-bond donors (Lipinski definition) is 10. The van der Waals surface area contributed by atoms with Crippen molar-refractivity contribution in [3.8, 4) is 0 Å². The number of nitrogen functional groups attached to an aromatic ring is 1. The van der Waals surface area contributed by atoms with E-state index in [0.29, 0.717) is 0 Å². The molecule has 2 saturated heterocycles. The van der Waals surface area contributed by atoms with Gasteiger partial charge < -0.3 is 41.0 Å². The Morgan fingerprint density at radius 2 is 1.40 bits per heavy atom. The molecule has 52 heavy (non-hydrogen) atoms. The van der Waals surface area contributed by atoms with Gasteiger partial charge in [-0.2, -0.15) is 9.97 Å². The molecular weight excluding hydrogens is 702 g/mol. The van der Waals surface area contributed by atoms with Crippen molar-refractivity contribution in [1.29, 1.82) is 11.1 Å². The first kappa shape index (κ1) is 36.3. The van der Waals surface area contributed by atoms with Crippen LogP contribution in [0.3, 0.4) is 0 Å². The number of anilines is 2. The van der Waals surface area contributed by atoms with Crippen LogP contribution in [0.4, 0.5) is 20.7 Å². The third kappa shape index (κ3) is 6.11. The fourth-order valence-electron chi connectivity index (χ4n) is 6.08. The largest absolute Gasteiger partial charge is 0.393 e. The van der Waals surface area contributed by atoms with Crippen molar-refractivity contribution < 1.29 is 40.1 Å². The van der Waals surface area contributed by atoms with Gasteiger partial charge in [0, 0.05) is 7.92 Å². The second-order valence-corrected chi connectivity index (χ2v) is 12.2. The van der Waals surface area contributed by atoms with Crippen molar-refractivity contribution >= 4 is 34.2 Å². The number of aromatic amines is 2. The van der Waals surface area contributed by atoms with Gasteiger partial charge in [0.1, 0.15) is 44.7 Å². The number of ether oxygens (including phenoxy) is 2. The van der Waals surface area contributed by atoms with Gasteiger partial charge in [-0.3, -0.25) is 28.7 Å². The Labute approximate surface area is 289 Å². The summed E-state index contributed by atoms with van der Waals surface area (Å²) < 4.78 is 51.4. The summed E-state index contributed by atoms with van der Waals surface area (Å²) >= 11 is 0. The van der Waals surface area contributed by atoms with E-state index in [2.05, 4.69) is 55.3 Å². The number of rotatable bonds is 10. The molecule has 6 rings (SSSR count). The van der Waals surface area contributed by atoms with Crippen molar-refractivity contribution in [2.75, 3.05) is 43.9 Å². The van der Waals surface area contributed by atoms with Crippen LogP contribution in [0.2, 0.25) is 0 Å². The third-order valence-corrected chi connectivity index (χ3v) is 8.76. The van der Waals surface area contributed by atoms with Gasteiger partial charge in [0.15, 0.2) is 59.2 Å². The van der Waals surface area contributed by atoms with Crippen LogP contribution in [0, 0.1) is 11.1 Å². The van der Waals surface area contributed by atoms with E-state index in [1.807, 2.05) is 0 Å². The highest BCUT2D eigenvalue weighted by Gasteiger charge is 2.65. The fourth-order valence-corrected chi connectivity index (χ4v) is 6.08. The van der Waals surface area contributed by atoms with Crippen LogP contribution >= 0.6 is 0 Å². The average Bonchev–Trinajstić information content (AvgIpc) is 3.84. The molecule has 0 saturated carbocycles. The van der Waals surface area contributed by atoms with Gasteiger partial charge in [-0.15, -0.1) is 0 Å². The van der Waals surface area contributed by atoms with E-state index in [9.17, 15) is 30.0 Å². The molecule has 2 fully saturated rings. The number of hydrogen-bond acceptors (Lipinski definition) is 18. The number of imidazole rings is 2. The van der Waals surface area contributed by atoms with E-state index in [-0.39, 0.29) is 47.7 Å². The highest BCUT2D eigenvalue weighted by atomic mass is 19.1. The van der Waals surface area contributed by atoms with Crippen molar-refractivity contribution in [3.63, 3.8) is 0 Å². The Bertz CT molecular complexity index is 2200. The highest BCUT2D eigenvalue weighted by molar-refractivity contribution is 5.71. The first-order valence-corrected chi connectivity index (χ1v) is 15.2. The average molecular weight is 741 g/mol. The predicted octanol–water partition coefficient (Wildman–Crippen LogP) is -1.95. The number of nitrogens with two attached hydrogens (primary N) is 1. The number of alkyl halides is 2. The zero-order valence-electron chi connectivity index (χ0n) is 28.4. The molecule has 0 spiro atoms. The summed E-state index contributed by atoms with van der Waals surface area (Å²) in [6.07, 6.45) is -4.29. The minimum atomic E-state index is -2.41. The number of nitrogens with one attached hydrogen (secondary N) is 5. The number of fused-ring (bicyclic) bond motifs is 2. The lowest BCUT2D eigenvalue weighted by Gasteiger charge is -2.27. The lowest BCUT2D eigenvalue weighted by molar-refractivity contribution is -0.122. The van der Waals surface area contributed by atoms with Crippen LogP contribution in [0.1, 0.15) is 34.6 Å². The number of aliphatic hydroxyl groups is 4. The molecule has 0 bridgehead atoms. The van der Waals surface area contributed by atoms with Gasteiger partial charge >= 0.3 is 0 Å². The fraction of sp³-hybridized carbons (Fsp3) is 0.615. The predicted molar refractivity (Wildman–Crippen MR) is 170 cm³/mol. The lowest BCUT2D eigenvalue weighted by atomic mass is 9.89. The first-order valence-electron chi connectivity index (χ1n) is 15.9. The standard InChI is InChI=1S/C14H19FN8O4.C12H15FN8O4/c1-3-17-12-20-8-7(9(25)21-12)18-6-23(8)11-13(2,15)10(26)14(5-24,27-11)4-19-22-16;1-11(13)8(24)12(3-22,2-17-20-15)25-9(11)21-4-16-5-6(21)18-10(14)19-7(5)23/h6,10-11,16,24,26H,3-5H2,1-2H3,(H-,17,20,21,25);4,8-9,15,22,24H,2-3H2,1H3,(H2-,14,18,19,23)/p+2/t10-,11+,13+,14+;8-,9+,11+,12+/m00/s1/i1T;. The van der Waals surface area contributed by atoms with Crippen LogP contribution < -0.4 is 32.0 Å². The van der Waals surface area contributed by atoms with E-state index in [4.69, 9.17) is 27.6 Å². The maximum atomic E-state index is 15.5. The number of aliphatic hydroxyl groups excluding tert-OH is 4. The second kappa shape index (κ2) is 13.9. The van der Waals surface area contributed by atoms with Crippen LogP contribution in [0.5, 0.6) is 0 Å². The third-order valence-electron chi connectivity index (χ3n) is 8.76. The summed E-state index contributed by atoms with van der Waals surface area (Å²) in [7, 11) is 0. The van der Waals surface area contributed by atoms with Gasteiger partial charge in [-0.1, -0.05) is 0 Å². The Kier molecular flexibility index (Phi) is 9.73. The summed E-state index contributed by atoms with van der Waals surface area (Å²) in [5.41, 5.74) is 9.12. The number of H-pyrrole nitrogens is 2. The summed E-state index contributed by atoms with van der Waals surface area (Å²) in [6.45, 7) is -0.00511. The SMILES string of the molecule is C[C@@]1(F)[C@H](O)[C@](CO)(CN=[N+]=N)O[C@H]1n1cnc2c(=O)[nH]c(N)nc21.[3H]CCNc1nc2c(ncn2[C@@H]2O[C@@](CO)(CN=[N+]=N)[C@@H](O)[C@@]2(C)F)c(=O)[nH]1. The zero-order valence-corrected chi connectivity index (χ0v) is 27.4. The Morgan fingerprint density at radius 1 is 0.942 bits per heavy atom. The smallest absolute Gasteiger partial charge is 0.280 e. The molecule has 0 aromatic carbocycles.